The van der Waals surface area contributed by atoms with Gasteiger partial charge in [0.15, 0.2) is 0 Å². The van der Waals surface area contributed by atoms with Crippen molar-refractivity contribution in [2.24, 2.45) is 0 Å². The highest BCUT2D eigenvalue weighted by Crippen LogP contribution is 2.26. The molecule has 0 saturated carbocycles. The molecule has 20 heavy (non-hydrogen) atoms. The Morgan fingerprint density at radius 1 is 1.05 bits per heavy atom. The monoisotopic (exact) mass is 286 g/mol. The maximum atomic E-state index is 12.4. The van der Waals surface area contributed by atoms with Crippen molar-refractivity contribution >= 4 is 29.0 Å². The van der Waals surface area contributed by atoms with Gasteiger partial charge in [0.05, 0.1) is 11.3 Å². The first-order valence-electron chi connectivity index (χ1n) is 6.53. The van der Waals surface area contributed by atoms with Crippen LogP contribution in [-0.2, 0) is 0 Å². The number of para-hydroxylation sites is 2. The highest BCUT2D eigenvalue weighted by Gasteiger charge is 2.12. The zero-order chi connectivity index (χ0) is 14.4. The fraction of sp³-hybridized carbons (Fsp3) is 0.188. The molecule has 0 spiro atoms. The Morgan fingerprint density at radius 3 is 2.40 bits per heavy atom. The number of benzene rings is 2. The Balaban J connectivity index is 2.24. The Kier molecular flexibility index (Phi) is 5.07. The lowest BCUT2D eigenvalue weighted by Crippen LogP contribution is -2.15. The van der Waals surface area contributed by atoms with Crippen molar-refractivity contribution in [3.8, 4) is 0 Å². The molecule has 0 aliphatic carbocycles. The summed E-state index contributed by atoms with van der Waals surface area (Å²) in [7, 11) is 0. The molecule has 2 aromatic carbocycles. The molecule has 0 radical (unpaired) electrons. The average molecular weight is 286 g/mol. The summed E-state index contributed by atoms with van der Waals surface area (Å²) in [5, 5.41) is 6.18. The summed E-state index contributed by atoms with van der Waals surface area (Å²) in [5.41, 5.74) is 2.36. The van der Waals surface area contributed by atoms with Gasteiger partial charge in [0.25, 0.3) is 5.91 Å². The second-order valence-electron chi connectivity index (χ2n) is 4.23. The molecule has 104 valence electrons. The molecule has 0 bridgehead atoms. The molecule has 2 N–H and O–H groups in total. The molecule has 0 fully saturated rings. The van der Waals surface area contributed by atoms with Crippen LogP contribution in [0.15, 0.2) is 53.4 Å². The van der Waals surface area contributed by atoms with Gasteiger partial charge in [-0.25, -0.2) is 0 Å². The van der Waals surface area contributed by atoms with Gasteiger partial charge in [0, 0.05) is 17.1 Å². The largest absolute Gasteiger partial charge is 0.385 e. The first kappa shape index (κ1) is 14.5. The maximum absolute atomic E-state index is 12.4. The van der Waals surface area contributed by atoms with E-state index >= 15 is 0 Å². The number of rotatable bonds is 5. The highest BCUT2D eigenvalue weighted by molar-refractivity contribution is 7.98. The predicted molar refractivity (Wildman–Crippen MR) is 86.8 cm³/mol. The quantitative estimate of drug-likeness (QED) is 0.813. The molecular weight excluding hydrogens is 268 g/mol. The summed E-state index contributed by atoms with van der Waals surface area (Å²) in [5.74, 6) is -0.0944. The molecule has 0 aliphatic heterocycles. The number of hydrogen-bond donors (Lipinski definition) is 2. The second-order valence-corrected chi connectivity index (χ2v) is 5.08. The number of anilines is 2. The van der Waals surface area contributed by atoms with Gasteiger partial charge in [-0.2, -0.15) is 0 Å². The predicted octanol–water partition coefficient (Wildman–Crippen LogP) is 4.09. The molecule has 4 heteroatoms. The van der Waals surface area contributed by atoms with Crippen LogP contribution in [0.5, 0.6) is 0 Å². The van der Waals surface area contributed by atoms with E-state index < -0.39 is 0 Å². The summed E-state index contributed by atoms with van der Waals surface area (Å²) in [6.07, 6.45) is 2.00. The lowest BCUT2D eigenvalue weighted by Gasteiger charge is -2.12. The number of carbonyl (C=O) groups is 1. The van der Waals surface area contributed by atoms with E-state index in [1.807, 2.05) is 61.7 Å². The second kappa shape index (κ2) is 7.01. The zero-order valence-electron chi connectivity index (χ0n) is 11.6. The molecule has 1 amide bonds. The van der Waals surface area contributed by atoms with Gasteiger partial charge < -0.3 is 10.6 Å². The van der Waals surface area contributed by atoms with E-state index in [1.165, 1.54) is 0 Å². The molecule has 3 nitrogen and oxygen atoms in total. The van der Waals surface area contributed by atoms with Gasteiger partial charge in [-0.1, -0.05) is 24.3 Å². The van der Waals surface area contributed by atoms with Crippen LogP contribution in [0.4, 0.5) is 11.4 Å². The van der Waals surface area contributed by atoms with Crippen molar-refractivity contribution in [1.82, 2.24) is 0 Å². The fourth-order valence-electron chi connectivity index (χ4n) is 1.96. The Bertz CT molecular complexity index is 599. The minimum absolute atomic E-state index is 0.0944. The molecule has 2 rings (SSSR count). The SMILES string of the molecule is CCNc1ccccc1C(=O)Nc1ccccc1SC. The van der Waals surface area contributed by atoms with Crippen LogP contribution in [0.25, 0.3) is 0 Å². The van der Waals surface area contributed by atoms with Gasteiger partial charge in [-0.05, 0) is 37.4 Å². The van der Waals surface area contributed by atoms with E-state index in [4.69, 9.17) is 0 Å². The van der Waals surface area contributed by atoms with E-state index in [9.17, 15) is 4.79 Å². The van der Waals surface area contributed by atoms with Gasteiger partial charge in [-0.15, -0.1) is 11.8 Å². The molecule has 0 aromatic heterocycles. The van der Waals surface area contributed by atoms with Crippen LogP contribution >= 0.6 is 11.8 Å². The molecule has 2 aromatic rings. The average Bonchev–Trinajstić information content (AvgIpc) is 2.48. The number of nitrogens with one attached hydrogen (secondary N) is 2. The van der Waals surface area contributed by atoms with Crippen LogP contribution in [0, 0.1) is 0 Å². The third-order valence-corrected chi connectivity index (χ3v) is 3.69. The first-order chi connectivity index (χ1) is 9.76. The third-order valence-electron chi connectivity index (χ3n) is 2.89. The minimum atomic E-state index is -0.0944. The fourth-order valence-corrected chi connectivity index (χ4v) is 2.52. The van der Waals surface area contributed by atoms with Crippen molar-refractivity contribution in [3.05, 3.63) is 54.1 Å². The van der Waals surface area contributed by atoms with Crippen LogP contribution in [0.2, 0.25) is 0 Å². The molecule has 0 unspecified atom stereocenters. The third kappa shape index (κ3) is 3.33. The molecule has 0 heterocycles. The molecule has 0 atom stereocenters. The van der Waals surface area contributed by atoms with Crippen molar-refractivity contribution in [2.45, 2.75) is 11.8 Å². The minimum Gasteiger partial charge on any atom is -0.385 e. The Hall–Kier alpha value is -1.94. The lowest BCUT2D eigenvalue weighted by atomic mass is 10.1. The first-order valence-corrected chi connectivity index (χ1v) is 7.76. The van der Waals surface area contributed by atoms with Gasteiger partial charge in [0.1, 0.15) is 0 Å². The van der Waals surface area contributed by atoms with Crippen LogP contribution < -0.4 is 10.6 Å². The zero-order valence-corrected chi connectivity index (χ0v) is 12.5. The van der Waals surface area contributed by atoms with Gasteiger partial charge >= 0.3 is 0 Å². The van der Waals surface area contributed by atoms with Crippen LogP contribution in [-0.4, -0.2) is 18.7 Å². The number of hydrogen-bond acceptors (Lipinski definition) is 3. The van der Waals surface area contributed by atoms with E-state index in [-0.39, 0.29) is 5.91 Å². The van der Waals surface area contributed by atoms with Crippen molar-refractivity contribution in [2.75, 3.05) is 23.4 Å². The summed E-state index contributed by atoms with van der Waals surface area (Å²) in [6, 6.07) is 15.3. The van der Waals surface area contributed by atoms with E-state index in [0.717, 1.165) is 22.8 Å². The van der Waals surface area contributed by atoms with Crippen molar-refractivity contribution in [1.29, 1.82) is 0 Å². The van der Waals surface area contributed by atoms with E-state index in [2.05, 4.69) is 10.6 Å². The normalized spacial score (nSPS) is 10.1. The Morgan fingerprint density at radius 2 is 1.70 bits per heavy atom. The van der Waals surface area contributed by atoms with Gasteiger partial charge in [0.2, 0.25) is 0 Å². The Labute approximate surface area is 123 Å². The van der Waals surface area contributed by atoms with Crippen LogP contribution in [0.3, 0.4) is 0 Å². The van der Waals surface area contributed by atoms with Crippen LogP contribution in [0.1, 0.15) is 17.3 Å². The number of carbonyl (C=O) groups excluding carboxylic acids is 1. The van der Waals surface area contributed by atoms with E-state index in [1.54, 1.807) is 11.8 Å². The maximum Gasteiger partial charge on any atom is 0.257 e. The molecule has 0 aliphatic rings. The van der Waals surface area contributed by atoms with Gasteiger partial charge in [-0.3, -0.25) is 4.79 Å². The molecular formula is C16H18N2OS. The summed E-state index contributed by atoms with van der Waals surface area (Å²) in [6.45, 7) is 2.80. The summed E-state index contributed by atoms with van der Waals surface area (Å²) < 4.78 is 0. The van der Waals surface area contributed by atoms with E-state index in [0.29, 0.717) is 5.56 Å². The topological polar surface area (TPSA) is 41.1 Å². The highest BCUT2D eigenvalue weighted by atomic mass is 32.2. The number of thioether (sulfide) groups is 1. The summed E-state index contributed by atoms with van der Waals surface area (Å²) >= 11 is 1.62. The lowest BCUT2D eigenvalue weighted by molar-refractivity contribution is 0.102. The number of amides is 1. The summed E-state index contributed by atoms with van der Waals surface area (Å²) in [4.78, 5) is 13.5. The molecule has 0 saturated heterocycles. The van der Waals surface area contributed by atoms with Crippen molar-refractivity contribution in [3.63, 3.8) is 0 Å². The standard InChI is InChI=1S/C16H18N2OS/c1-3-17-13-9-5-4-8-12(13)16(19)18-14-10-6-7-11-15(14)20-2/h4-11,17H,3H2,1-2H3,(H,18,19). The van der Waals surface area contributed by atoms with Crippen molar-refractivity contribution < 1.29 is 4.79 Å². The smallest absolute Gasteiger partial charge is 0.257 e.